The number of nitrogens with one attached hydrogen (secondary N) is 1. The third-order valence-electron chi connectivity index (χ3n) is 5.42. The molecule has 2 fully saturated rings. The summed E-state index contributed by atoms with van der Waals surface area (Å²) in [6.07, 6.45) is 2.12. The molecule has 2 aliphatic heterocycles. The molecule has 1 N–H and O–H groups in total. The normalized spacial score (nSPS) is 26.7. The molecule has 3 heterocycles. The van der Waals surface area contributed by atoms with E-state index in [0.29, 0.717) is 19.6 Å². The van der Waals surface area contributed by atoms with Gasteiger partial charge >= 0.3 is 0 Å². The van der Waals surface area contributed by atoms with Crippen molar-refractivity contribution in [2.45, 2.75) is 71.2 Å². The second kappa shape index (κ2) is 8.33. The Kier molecular flexibility index (Phi) is 6.33. The van der Waals surface area contributed by atoms with Gasteiger partial charge in [0, 0.05) is 37.0 Å². The van der Waals surface area contributed by atoms with Crippen LogP contribution in [-0.4, -0.2) is 59.8 Å². The molecule has 2 unspecified atom stereocenters. The Morgan fingerprint density at radius 3 is 2.85 bits per heavy atom. The number of aromatic nitrogens is 1. The fraction of sp³-hybridized carbons (Fsp3) is 0.789. The molecule has 1 aromatic rings. The molecule has 2 aliphatic rings. The summed E-state index contributed by atoms with van der Waals surface area (Å²) in [5.41, 5.74) is 0.764. The van der Waals surface area contributed by atoms with Gasteiger partial charge in [-0.25, -0.2) is 4.98 Å². The molecule has 2 atom stereocenters. The molecule has 0 bridgehead atoms. The number of thiazole rings is 1. The summed E-state index contributed by atoms with van der Waals surface area (Å²) in [6, 6.07) is 0.226. The summed E-state index contributed by atoms with van der Waals surface area (Å²) in [5, 5.41) is 4.22. The zero-order valence-corrected chi connectivity index (χ0v) is 17.2. The van der Waals surface area contributed by atoms with Crippen molar-refractivity contribution in [1.82, 2.24) is 15.2 Å². The third-order valence-corrected chi connectivity index (χ3v) is 6.48. The van der Waals surface area contributed by atoms with Crippen LogP contribution in [0.3, 0.4) is 0 Å². The summed E-state index contributed by atoms with van der Waals surface area (Å²) in [6.45, 7) is 12.1. The van der Waals surface area contributed by atoms with Crippen LogP contribution in [0.4, 0.5) is 0 Å². The Morgan fingerprint density at radius 2 is 2.19 bits per heavy atom. The maximum atomic E-state index is 12.5. The van der Waals surface area contributed by atoms with Crippen LogP contribution >= 0.6 is 11.3 Å². The number of hydrogen-bond donors (Lipinski definition) is 1. The maximum Gasteiger partial charge on any atom is 0.249 e. The highest BCUT2D eigenvalue weighted by Gasteiger charge is 2.47. The first-order valence-corrected chi connectivity index (χ1v) is 10.5. The van der Waals surface area contributed by atoms with Gasteiger partial charge in [-0.2, -0.15) is 0 Å². The number of amides is 1. The van der Waals surface area contributed by atoms with E-state index in [1.165, 1.54) is 4.88 Å². The number of rotatable bonds is 6. The van der Waals surface area contributed by atoms with Crippen LogP contribution < -0.4 is 5.32 Å². The van der Waals surface area contributed by atoms with Crippen LogP contribution in [-0.2, 0) is 20.8 Å². The highest BCUT2D eigenvalue weighted by Crippen LogP contribution is 2.33. The molecule has 1 spiro atoms. The van der Waals surface area contributed by atoms with Crippen LogP contribution in [0.25, 0.3) is 0 Å². The SMILES string of the molecule is CCC(CC)NC(=O)C1CC2(CO1)CN(Cc1sc(C)nc1C)CCO2. The van der Waals surface area contributed by atoms with Crippen molar-refractivity contribution in [2.75, 3.05) is 26.3 Å². The van der Waals surface area contributed by atoms with Gasteiger partial charge in [0.05, 0.1) is 23.9 Å². The Labute approximate surface area is 160 Å². The highest BCUT2D eigenvalue weighted by atomic mass is 32.1. The van der Waals surface area contributed by atoms with Crippen LogP contribution in [0.15, 0.2) is 0 Å². The standard InChI is InChI=1S/C19H31N3O3S/c1-5-15(6-2)21-18(23)16-9-19(12-24-16)11-22(7-8-25-19)10-17-13(3)20-14(4)26-17/h15-16H,5-12H2,1-4H3,(H,21,23). The van der Waals surface area contributed by atoms with Gasteiger partial charge in [-0.1, -0.05) is 13.8 Å². The van der Waals surface area contributed by atoms with E-state index in [4.69, 9.17) is 9.47 Å². The van der Waals surface area contributed by atoms with Gasteiger partial charge in [0.15, 0.2) is 0 Å². The first-order valence-electron chi connectivity index (χ1n) is 9.66. The monoisotopic (exact) mass is 381 g/mol. The van der Waals surface area contributed by atoms with E-state index >= 15 is 0 Å². The Morgan fingerprint density at radius 1 is 1.42 bits per heavy atom. The zero-order valence-electron chi connectivity index (χ0n) is 16.3. The van der Waals surface area contributed by atoms with Crippen LogP contribution in [0, 0.1) is 13.8 Å². The fourth-order valence-electron chi connectivity index (χ4n) is 3.86. The van der Waals surface area contributed by atoms with E-state index in [-0.39, 0.29) is 17.6 Å². The van der Waals surface area contributed by atoms with Crippen molar-refractivity contribution in [3.63, 3.8) is 0 Å². The zero-order chi connectivity index (χ0) is 18.7. The quantitative estimate of drug-likeness (QED) is 0.820. The molecular formula is C19H31N3O3S. The van der Waals surface area contributed by atoms with Crippen LogP contribution in [0.1, 0.15) is 48.7 Å². The second-order valence-corrected chi connectivity index (χ2v) is 8.80. The molecular weight excluding hydrogens is 350 g/mol. The summed E-state index contributed by atoms with van der Waals surface area (Å²) in [5.74, 6) is 0.00484. The van der Waals surface area contributed by atoms with Crippen molar-refractivity contribution in [1.29, 1.82) is 0 Å². The molecule has 0 saturated carbocycles. The second-order valence-electron chi connectivity index (χ2n) is 7.51. The lowest BCUT2D eigenvalue weighted by Crippen LogP contribution is -2.52. The molecule has 146 valence electrons. The minimum atomic E-state index is -0.400. The molecule has 3 rings (SSSR count). The van der Waals surface area contributed by atoms with E-state index < -0.39 is 6.10 Å². The van der Waals surface area contributed by atoms with Crippen molar-refractivity contribution in [3.8, 4) is 0 Å². The van der Waals surface area contributed by atoms with Gasteiger partial charge in [0.2, 0.25) is 5.91 Å². The molecule has 1 amide bonds. The lowest BCUT2D eigenvalue weighted by atomic mass is 9.97. The van der Waals surface area contributed by atoms with E-state index in [2.05, 4.69) is 42.9 Å². The smallest absolute Gasteiger partial charge is 0.249 e. The fourth-order valence-corrected chi connectivity index (χ4v) is 4.84. The lowest BCUT2D eigenvalue weighted by Gasteiger charge is -2.39. The average Bonchev–Trinajstić information content (AvgIpc) is 3.16. The lowest BCUT2D eigenvalue weighted by molar-refractivity contribution is -0.130. The third kappa shape index (κ3) is 4.44. The van der Waals surface area contributed by atoms with Crippen molar-refractivity contribution in [2.24, 2.45) is 0 Å². The largest absolute Gasteiger partial charge is 0.370 e. The first kappa shape index (κ1) is 19.7. The highest BCUT2D eigenvalue weighted by molar-refractivity contribution is 7.11. The average molecular weight is 382 g/mol. The van der Waals surface area contributed by atoms with Crippen LogP contribution in [0.5, 0.6) is 0 Å². The molecule has 1 aromatic heterocycles. The number of ether oxygens (including phenoxy) is 2. The van der Waals surface area contributed by atoms with Gasteiger partial charge < -0.3 is 14.8 Å². The molecule has 0 aromatic carbocycles. The summed E-state index contributed by atoms with van der Waals surface area (Å²) in [4.78, 5) is 20.8. The van der Waals surface area contributed by atoms with Crippen molar-refractivity contribution in [3.05, 3.63) is 15.6 Å². The topological polar surface area (TPSA) is 63.7 Å². The number of aryl methyl sites for hydroxylation is 2. The number of carbonyl (C=O) groups excluding carboxylic acids is 1. The van der Waals surface area contributed by atoms with E-state index in [1.54, 1.807) is 11.3 Å². The van der Waals surface area contributed by atoms with Crippen molar-refractivity contribution >= 4 is 17.2 Å². The summed E-state index contributed by atoms with van der Waals surface area (Å²) < 4.78 is 12.0. The van der Waals surface area contributed by atoms with Crippen molar-refractivity contribution < 1.29 is 14.3 Å². The Bertz CT molecular complexity index is 632. The van der Waals surface area contributed by atoms with Crippen LogP contribution in [0.2, 0.25) is 0 Å². The molecule has 7 heteroatoms. The van der Waals surface area contributed by atoms with E-state index in [0.717, 1.165) is 43.2 Å². The molecule has 26 heavy (non-hydrogen) atoms. The number of hydrogen-bond acceptors (Lipinski definition) is 6. The number of carbonyl (C=O) groups is 1. The molecule has 0 radical (unpaired) electrons. The minimum Gasteiger partial charge on any atom is -0.370 e. The molecule has 6 nitrogen and oxygen atoms in total. The van der Waals surface area contributed by atoms with Gasteiger partial charge in [-0.05, 0) is 26.7 Å². The number of nitrogens with zero attached hydrogens (tertiary/aromatic N) is 2. The summed E-state index contributed by atoms with van der Waals surface area (Å²) in [7, 11) is 0. The predicted molar refractivity (Wildman–Crippen MR) is 102 cm³/mol. The molecule has 2 saturated heterocycles. The van der Waals surface area contributed by atoms with Gasteiger partial charge in [-0.3, -0.25) is 9.69 Å². The Hall–Kier alpha value is -1.02. The van der Waals surface area contributed by atoms with Gasteiger partial charge in [0.1, 0.15) is 11.7 Å². The molecule has 0 aliphatic carbocycles. The van der Waals surface area contributed by atoms with E-state index in [9.17, 15) is 4.79 Å². The van der Waals surface area contributed by atoms with Gasteiger partial charge in [-0.15, -0.1) is 11.3 Å². The maximum absolute atomic E-state index is 12.5. The summed E-state index contributed by atoms with van der Waals surface area (Å²) >= 11 is 1.77. The minimum absolute atomic E-state index is 0.00484. The predicted octanol–water partition coefficient (Wildman–Crippen LogP) is 2.42. The first-order chi connectivity index (χ1) is 12.4. The Balaban J connectivity index is 1.58. The van der Waals surface area contributed by atoms with Gasteiger partial charge in [0.25, 0.3) is 0 Å². The number of morpholine rings is 1. The van der Waals surface area contributed by atoms with E-state index in [1.807, 2.05) is 0 Å².